The Morgan fingerprint density at radius 2 is 1.73 bits per heavy atom. The molecule has 1 aliphatic heterocycles. The third kappa shape index (κ3) is 2.35. The van der Waals surface area contributed by atoms with Gasteiger partial charge in [-0.3, -0.25) is 0 Å². The van der Waals surface area contributed by atoms with Crippen LogP contribution in [0.25, 0.3) is 0 Å². The fourth-order valence-electron chi connectivity index (χ4n) is 1.42. The van der Waals surface area contributed by atoms with Crippen molar-refractivity contribution < 1.29 is 9.31 Å². The van der Waals surface area contributed by atoms with E-state index >= 15 is 0 Å². The van der Waals surface area contributed by atoms with E-state index < -0.39 is 0 Å². The number of hydrogen-bond acceptors (Lipinski definition) is 4. The van der Waals surface area contributed by atoms with Gasteiger partial charge in [0.2, 0.25) is 0 Å². The highest BCUT2D eigenvalue weighted by atomic mass is 16.7. The number of rotatable bonds is 3. The summed E-state index contributed by atoms with van der Waals surface area (Å²) >= 11 is 0. The second-order valence-corrected chi connectivity index (χ2v) is 4.86. The molecule has 0 aromatic rings. The lowest BCUT2D eigenvalue weighted by Gasteiger charge is -2.32. The summed E-state index contributed by atoms with van der Waals surface area (Å²) in [6.45, 7) is 8.79. The lowest BCUT2D eigenvalue weighted by Crippen LogP contribution is -2.41. The van der Waals surface area contributed by atoms with Crippen molar-refractivity contribution in [3.63, 3.8) is 0 Å². The van der Waals surface area contributed by atoms with Crippen LogP contribution >= 0.6 is 0 Å². The molecule has 0 aromatic carbocycles. The molecule has 5 heteroatoms. The third-order valence-electron chi connectivity index (χ3n) is 3.15. The first-order valence-electron chi connectivity index (χ1n) is 5.25. The average Bonchev–Trinajstić information content (AvgIpc) is 2.32. The van der Waals surface area contributed by atoms with E-state index in [0.717, 1.165) is 5.47 Å². The van der Waals surface area contributed by atoms with E-state index in [2.05, 4.69) is 5.32 Å². The van der Waals surface area contributed by atoms with E-state index in [1.807, 2.05) is 34.7 Å². The average molecular weight is 212 g/mol. The number of nitrogens with one attached hydrogen (secondary N) is 1. The van der Waals surface area contributed by atoms with E-state index in [1.54, 1.807) is 6.20 Å². The first-order chi connectivity index (χ1) is 6.84. The van der Waals surface area contributed by atoms with E-state index in [1.165, 1.54) is 0 Å². The molecule has 0 radical (unpaired) electrons. The molecular weight excluding hydrogens is 191 g/mol. The van der Waals surface area contributed by atoms with Crippen molar-refractivity contribution in [2.75, 3.05) is 13.6 Å². The highest BCUT2D eigenvalue weighted by Crippen LogP contribution is 2.38. The van der Waals surface area contributed by atoms with Crippen LogP contribution in [0.15, 0.2) is 11.7 Å². The van der Waals surface area contributed by atoms with Crippen LogP contribution in [0.5, 0.6) is 0 Å². The third-order valence-corrected chi connectivity index (χ3v) is 3.15. The maximum Gasteiger partial charge on any atom is 0.493 e. The van der Waals surface area contributed by atoms with Crippen molar-refractivity contribution in [1.82, 2.24) is 5.32 Å². The summed E-state index contributed by atoms with van der Waals surface area (Å²) in [5.41, 5.74) is 5.87. The van der Waals surface area contributed by atoms with Crippen LogP contribution in [0, 0.1) is 0 Å². The van der Waals surface area contributed by atoms with Crippen molar-refractivity contribution in [1.29, 1.82) is 0 Å². The van der Waals surface area contributed by atoms with Crippen LogP contribution in [-0.2, 0) is 9.31 Å². The fourth-order valence-corrected chi connectivity index (χ4v) is 1.42. The topological polar surface area (TPSA) is 56.5 Å². The Balaban J connectivity index is 2.78. The Morgan fingerprint density at radius 1 is 1.27 bits per heavy atom. The predicted octanol–water partition coefficient (Wildman–Crippen LogP) is 0.680. The Labute approximate surface area is 92.3 Å². The van der Waals surface area contributed by atoms with E-state index in [0.29, 0.717) is 6.54 Å². The molecule has 0 aromatic heterocycles. The van der Waals surface area contributed by atoms with Gasteiger partial charge in [-0.15, -0.1) is 0 Å². The summed E-state index contributed by atoms with van der Waals surface area (Å²) < 4.78 is 11.7. The van der Waals surface area contributed by atoms with Crippen molar-refractivity contribution in [3.8, 4) is 0 Å². The maximum atomic E-state index is 5.86. The summed E-state index contributed by atoms with van der Waals surface area (Å²) in [6.07, 6.45) is 1.55. The van der Waals surface area contributed by atoms with Crippen LogP contribution < -0.4 is 11.1 Å². The van der Waals surface area contributed by atoms with Crippen molar-refractivity contribution in [2.24, 2.45) is 5.73 Å². The van der Waals surface area contributed by atoms with E-state index in [-0.39, 0.29) is 18.3 Å². The highest BCUT2D eigenvalue weighted by Gasteiger charge is 2.52. The van der Waals surface area contributed by atoms with Gasteiger partial charge in [0.15, 0.2) is 0 Å². The van der Waals surface area contributed by atoms with Gasteiger partial charge in [0.1, 0.15) is 0 Å². The molecule has 0 spiro atoms. The zero-order valence-corrected chi connectivity index (χ0v) is 10.3. The smallest absolute Gasteiger partial charge is 0.405 e. The molecule has 0 aliphatic carbocycles. The molecule has 0 unspecified atom stereocenters. The molecule has 1 saturated heterocycles. The van der Waals surface area contributed by atoms with Crippen molar-refractivity contribution in [2.45, 2.75) is 38.9 Å². The number of nitrogens with two attached hydrogens (primary N) is 1. The van der Waals surface area contributed by atoms with Crippen LogP contribution in [-0.4, -0.2) is 31.9 Å². The number of hydrogen-bond donors (Lipinski definition) is 2. The Hall–Kier alpha value is -0.515. The molecule has 0 atom stereocenters. The Morgan fingerprint density at radius 3 is 2.07 bits per heavy atom. The minimum Gasteiger partial charge on any atom is -0.405 e. The van der Waals surface area contributed by atoms with Gasteiger partial charge in [-0.25, -0.2) is 0 Å². The monoisotopic (exact) mass is 212 g/mol. The largest absolute Gasteiger partial charge is 0.493 e. The van der Waals surface area contributed by atoms with Crippen LogP contribution in [0.3, 0.4) is 0 Å². The molecule has 1 rings (SSSR count). The van der Waals surface area contributed by atoms with Crippen molar-refractivity contribution >= 4 is 7.12 Å². The molecule has 1 fully saturated rings. The molecule has 1 aliphatic rings. The SMILES string of the molecule is CNC/C(=C\N)B1OC(C)(C)C(C)(C)O1. The number of likely N-dealkylation sites (N-methyl/N-ethyl adjacent to an activating group) is 1. The quantitative estimate of drug-likeness (QED) is 0.675. The molecular formula is C10H21BN2O2. The molecule has 1 heterocycles. The summed E-state index contributed by atoms with van der Waals surface area (Å²) in [7, 11) is 1.53. The summed E-state index contributed by atoms with van der Waals surface area (Å²) in [5, 5.41) is 3.04. The zero-order valence-electron chi connectivity index (χ0n) is 10.3. The minimum atomic E-state index is -0.340. The molecule has 15 heavy (non-hydrogen) atoms. The van der Waals surface area contributed by atoms with Crippen LogP contribution in [0.1, 0.15) is 27.7 Å². The summed E-state index contributed by atoms with van der Waals surface area (Å²) in [4.78, 5) is 0. The first-order valence-corrected chi connectivity index (χ1v) is 5.25. The molecule has 86 valence electrons. The van der Waals surface area contributed by atoms with Crippen molar-refractivity contribution in [3.05, 3.63) is 11.7 Å². The van der Waals surface area contributed by atoms with Gasteiger partial charge in [0.05, 0.1) is 11.2 Å². The Bertz CT molecular complexity index is 248. The van der Waals surface area contributed by atoms with E-state index in [9.17, 15) is 0 Å². The molecule has 3 N–H and O–H groups in total. The van der Waals surface area contributed by atoms with Gasteiger partial charge >= 0.3 is 7.12 Å². The maximum absolute atomic E-state index is 5.86. The Kier molecular flexibility index (Phi) is 3.48. The minimum absolute atomic E-state index is 0.306. The normalized spacial score (nSPS) is 24.6. The lowest BCUT2D eigenvalue weighted by molar-refractivity contribution is 0.00578. The predicted molar refractivity (Wildman–Crippen MR) is 62.3 cm³/mol. The standard InChI is InChI=1S/C10H21BN2O2/c1-9(2)10(3,4)15-11(14-9)8(6-12)7-13-5/h6,13H,7,12H2,1-5H3/b8-6+. The highest BCUT2D eigenvalue weighted by molar-refractivity contribution is 6.54. The van der Waals surface area contributed by atoms with Gasteiger partial charge in [-0.1, -0.05) is 0 Å². The van der Waals surface area contributed by atoms with Gasteiger partial charge < -0.3 is 20.4 Å². The van der Waals surface area contributed by atoms with Gasteiger partial charge in [-0.2, -0.15) is 0 Å². The van der Waals surface area contributed by atoms with Gasteiger partial charge in [-0.05, 0) is 46.4 Å². The molecule has 0 amide bonds. The summed E-state index contributed by atoms with van der Waals surface area (Å²) in [6, 6.07) is 0. The second kappa shape index (κ2) is 4.16. The molecule has 4 nitrogen and oxygen atoms in total. The van der Waals surface area contributed by atoms with Gasteiger partial charge in [0.25, 0.3) is 0 Å². The van der Waals surface area contributed by atoms with E-state index in [4.69, 9.17) is 15.0 Å². The molecule has 0 bridgehead atoms. The first kappa shape index (κ1) is 12.6. The second-order valence-electron chi connectivity index (χ2n) is 4.86. The molecule has 0 saturated carbocycles. The van der Waals surface area contributed by atoms with Crippen LogP contribution in [0.2, 0.25) is 0 Å². The summed E-state index contributed by atoms with van der Waals surface area (Å²) in [5.74, 6) is 0. The fraction of sp³-hybridized carbons (Fsp3) is 0.800. The van der Waals surface area contributed by atoms with Gasteiger partial charge in [0, 0.05) is 6.54 Å². The zero-order chi connectivity index (χ0) is 11.7. The van der Waals surface area contributed by atoms with Crippen LogP contribution in [0.4, 0.5) is 0 Å². The lowest BCUT2D eigenvalue weighted by atomic mass is 9.79.